The van der Waals surface area contributed by atoms with Crippen LogP contribution in [-0.2, 0) is 16.1 Å². The largest absolute Gasteiger partial charge is 0.373 e. The summed E-state index contributed by atoms with van der Waals surface area (Å²) in [6.45, 7) is 4.19. The van der Waals surface area contributed by atoms with Gasteiger partial charge < -0.3 is 5.32 Å². The molecule has 0 bridgehead atoms. The first-order valence-electron chi connectivity index (χ1n) is 3.57. The highest BCUT2D eigenvalue weighted by Crippen LogP contribution is 2.06. The molecule has 0 fully saturated rings. The summed E-state index contributed by atoms with van der Waals surface area (Å²) in [5.41, 5.74) is 0. The maximum absolute atomic E-state index is 8.12. The maximum atomic E-state index is 8.12. The molecule has 3 nitrogen and oxygen atoms in total. The number of carbonyl (C=O) groups excluding carboxylic acids is 2. The molecule has 1 heterocycles. The van der Waals surface area contributed by atoms with Crippen molar-refractivity contribution in [1.82, 2.24) is 5.32 Å². The monoisotopic (exact) mass is 185 g/mol. The van der Waals surface area contributed by atoms with Gasteiger partial charge in [-0.15, -0.1) is 11.3 Å². The van der Waals surface area contributed by atoms with Crippen molar-refractivity contribution < 1.29 is 9.59 Å². The van der Waals surface area contributed by atoms with Gasteiger partial charge in [-0.1, -0.05) is 13.0 Å². The Morgan fingerprint density at radius 2 is 2.25 bits per heavy atom. The SMILES string of the molecule is CCNCc1cccs1.O=C=O. The molecule has 0 saturated heterocycles. The van der Waals surface area contributed by atoms with E-state index in [1.807, 2.05) is 0 Å². The van der Waals surface area contributed by atoms with E-state index in [0.717, 1.165) is 13.1 Å². The van der Waals surface area contributed by atoms with Gasteiger partial charge in [0.15, 0.2) is 0 Å². The molecule has 0 spiro atoms. The fraction of sp³-hybridized carbons (Fsp3) is 0.375. The molecule has 0 radical (unpaired) electrons. The minimum absolute atomic E-state index is 0.250. The fourth-order valence-corrected chi connectivity index (χ4v) is 1.34. The van der Waals surface area contributed by atoms with Crippen molar-refractivity contribution in [3.8, 4) is 0 Å². The van der Waals surface area contributed by atoms with Crippen molar-refractivity contribution in [2.45, 2.75) is 13.5 Å². The first-order chi connectivity index (χ1) is 5.85. The summed E-state index contributed by atoms with van der Waals surface area (Å²) in [4.78, 5) is 17.7. The maximum Gasteiger partial charge on any atom is 0.373 e. The molecule has 0 saturated carbocycles. The summed E-state index contributed by atoms with van der Waals surface area (Å²) in [5, 5.41) is 5.36. The molecule has 4 heteroatoms. The third-order valence-electron chi connectivity index (χ3n) is 1.13. The average Bonchev–Trinajstić information content (AvgIpc) is 2.54. The molecule has 0 aromatic carbocycles. The zero-order valence-corrected chi connectivity index (χ0v) is 7.69. The Labute approximate surface area is 75.4 Å². The molecule has 0 aliphatic carbocycles. The van der Waals surface area contributed by atoms with Crippen molar-refractivity contribution in [1.29, 1.82) is 0 Å². The predicted octanol–water partition coefficient (Wildman–Crippen LogP) is 1.27. The van der Waals surface area contributed by atoms with Crippen LogP contribution in [0.1, 0.15) is 11.8 Å². The highest BCUT2D eigenvalue weighted by Gasteiger charge is 1.88. The summed E-state index contributed by atoms with van der Waals surface area (Å²) < 4.78 is 0. The second kappa shape index (κ2) is 8.14. The summed E-state index contributed by atoms with van der Waals surface area (Å²) in [6, 6.07) is 4.23. The zero-order valence-electron chi connectivity index (χ0n) is 6.87. The van der Waals surface area contributed by atoms with E-state index in [2.05, 4.69) is 29.8 Å². The molecule has 0 atom stereocenters. The van der Waals surface area contributed by atoms with Crippen LogP contribution in [0.15, 0.2) is 17.5 Å². The van der Waals surface area contributed by atoms with Crippen LogP contribution in [0.2, 0.25) is 0 Å². The summed E-state index contributed by atoms with van der Waals surface area (Å²) >= 11 is 1.80. The van der Waals surface area contributed by atoms with E-state index in [0.29, 0.717) is 0 Å². The third-order valence-corrected chi connectivity index (χ3v) is 2.01. The topological polar surface area (TPSA) is 46.2 Å². The quantitative estimate of drug-likeness (QED) is 0.771. The van der Waals surface area contributed by atoms with Gasteiger partial charge in [-0.2, -0.15) is 9.59 Å². The molecule has 1 aromatic rings. The Kier molecular flexibility index (Phi) is 7.49. The van der Waals surface area contributed by atoms with Crippen LogP contribution >= 0.6 is 11.3 Å². The number of hydrogen-bond acceptors (Lipinski definition) is 4. The number of nitrogens with one attached hydrogen (secondary N) is 1. The number of thiophene rings is 1. The highest BCUT2D eigenvalue weighted by molar-refractivity contribution is 7.09. The molecule has 12 heavy (non-hydrogen) atoms. The lowest BCUT2D eigenvalue weighted by Gasteiger charge is -1.94. The highest BCUT2D eigenvalue weighted by atomic mass is 32.1. The van der Waals surface area contributed by atoms with E-state index >= 15 is 0 Å². The van der Waals surface area contributed by atoms with Crippen LogP contribution < -0.4 is 5.32 Å². The van der Waals surface area contributed by atoms with Crippen LogP contribution in [0.5, 0.6) is 0 Å². The summed E-state index contributed by atoms with van der Waals surface area (Å²) in [6.07, 6.45) is 0.250. The van der Waals surface area contributed by atoms with Crippen molar-refractivity contribution in [2.75, 3.05) is 6.54 Å². The molecule has 0 aliphatic heterocycles. The van der Waals surface area contributed by atoms with Gasteiger partial charge in [-0.05, 0) is 18.0 Å². The van der Waals surface area contributed by atoms with Gasteiger partial charge >= 0.3 is 6.15 Å². The number of hydrogen-bond donors (Lipinski definition) is 1. The van der Waals surface area contributed by atoms with E-state index in [9.17, 15) is 0 Å². The van der Waals surface area contributed by atoms with Gasteiger partial charge in [0.05, 0.1) is 0 Å². The first kappa shape index (κ1) is 11.0. The van der Waals surface area contributed by atoms with Crippen LogP contribution in [0, 0.1) is 0 Å². The van der Waals surface area contributed by atoms with E-state index in [4.69, 9.17) is 9.59 Å². The minimum atomic E-state index is 0.250. The van der Waals surface area contributed by atoms with Crippen molar-refractivity contribution >= 4 is 17.5 Å². The molecule has 1 aromatic heterocycles. The minimum Gasteiger partial charge on any atom is -0.312 e. The normalized spacial score (nSPS) is 8.08. The van der Waals surface area contributed by atoms with Gasteiger partial charge in [-0.25, -0.2) is 0 Å². The summed E-state index contributed by atoms with van der Waals surface area (Å²) in [5.74, 6) is 0. The van der Waals surface area contributed by atoms with Crippen molar-refractivity contribution in [3.05, 3.63) is 22.4 Å². The van der Waals surface area contributed by atoms with E-state index in [1.54, 1.807) is 11.3 Å². The molecular weight excluding hydrogens is 174 g/mol. The lowest BCUT2D eigenvalue weighted by atomic mass is 10.4. The molecule has 0 unspecified atom stereocenters. The Morgan fingerprint density at radius 1 is 1.58 bits per heavy atom. The summed E-state index contributed by atoms with van der Waals surface area (Å²) in [7, 11) is 0. The Hall–Kier alpha value is -0.960. The average molecular weight is 185 g/mol. The Balaban J connectivity index is 0.000000354. The van der Waals surface area contributed by atoms with Crippen molar-refractivity contribution in [2.24, 2.45) is 0 Å². The van der Waals surface area contributed by atoms with Crippen LogP contribution in [-0.4, -0.2) is 12.7 Å². The second-order valence-electron chi connectivity index (χ2n) is 1.94. The van der Waals surface area contributed by atoms with Gasteiger partial charge in [0.25, 0.3) is 0 Å². The van der Waals surface area contributed by atoms with Crippen LogP contribution in [0.3, 0.4) is 0 Å². The van der Waals surface area contributed by atoms with Crippen molar-refractivity contribution in [3.63, 3.8) is 0 Å². The lowest BCUT2D eigenvalue weighted by molar-refractivity contribution is -0.191. The first-order valence-corrected chi connectivity index (χ1v) is 4.45. The molecule has 1 rings (SSSR count). The second-order valence-corrected chi connectivity index (χ2v) is 2.98. The molecule has 1 N–H and O–H groups in total. The zero-order chi connectivity index (χ0) is 9.23. The number of rotatable bonds is 3. The molecule has 0 aliphatic rings. The standard InChI is InChI=1S/C7H11NS.CO2/c1-2-8-6-7-4-3-5-9-7;2-1-3/h3-5,8H,2,6H2,1H3;. The Bertz CT molecular complexity index is 215. The Morgan fingerprint density at radius 3 is 2.67 bits per heavy atom. The van der Waals surface area contributed by atoms with Crippen LogP contribution in [0.4, 0.5) is 0 Å². The van der Waals surface area contributed by atoms with Gasteiger partial charge in [0.2, 0.25) is 0 Å². The third kappa shape index (κ3) is 5.80. The van der Waals surface area contributed by atoms with E-state index < -0.39 is 0 Å². The van der Waals surface area contributed by atoms with Crippen LogP contribution in [0.25, 0.3) is 0 Å². The molecular formula is C8H11NO2S. The smallest absolute Gasteiger partial charge is 0.312 e. The molecule has 66 valence electrons. The fourth-order valence-electron chi connectivity index (χ4n) is 0.661. The molecule has 0 amide bonds. The van der Waals surface area contributed by atoms with E-state index in [-0.39, 0.29) is 6.15 Å². The van der Waals surface area contributed by atoms with Gasteiger partial charge in [-0.3, -0.25) is 0 Å². The van der Waals surface area contributed by atoms with E-state index in [1.165, 1.54) is 4.88 Å². The van der Waals surface area contributed by atoms with Gasteiger partial charge in [0.1, 0.15) is 0 Å². The predicted molar refractivity (Wildman–Crippen MR) is 46.7 cm³/mol. The van der Waals surface area contributed by atoms with Gasteiger partial charge in [0, 0.05) is 11.4 Å². The lowest BCUT2D eigenvalue weighted by Crippen LogP contribution is -2.10.